The predicted molar refractivity (Wildman–Crippen MR) is 113 cm³/mol. The summed E-state index contributed by atoms with van der Waals surface area (Å²) < 4.78 is 1.90. The van der Waals surface area contributed by atoms with Gasteiger partial charge in [-0.25, -0.2) is 4.98 Å². The summed E-state index contributed by atoms with van der Waals surface area (Å²) in [7, 11) is 0. The molecule has 3 N–H and O–H groups in total. The topological polar surface area (TPSA) is 90.0 Å². The highest BCUT2D eigenvalue weighted by molar-refractivity contribution is 6.08. The molecule has 2 amide bonds. The molecule has 6 nitrogen and oxygen atoms in total. The second-order valence-electron chi connectivity index (χ2n) is 6.94. The van der Waals surface area contributed by atoms with Crippen LogP contribution >= 0.6 is 0 Å². The van der Waals surface area contributed by atoms with Crippen molar-refractivity contribution in [1.29, 1.82) is 0 Å². The van der Waals surface area contributed by atoms with Gasteiger partial charge in [0.15, 0.2) is 0 Å². The number of nitrogens with one attached hydrogen (secondary N) is 1. The number of amides is 2. The molecule has 2 aromatic carbocycles. The van der Waals surface area contributed by atoms with E-state index in [0.29, 0.717) is 34.4 Å². The molecule has 4 rings (SSSR count). The van der Waals surface area contributed by atoms with Gasteiger partial charge in [-0.15, -0.1) is 0 Å². The molecule has 144 valence electrons. The van der Waals surface area contributed by atoms with E-state index in [0.717, 1.165) is 11.1 Å². The third kappa shape index (κ3) is 3.87. The van der Waals surface area contributed by atoms with Crippen LogP contribution in [0.25, 0.3) is 11.0 Å². The Kier molecular flexibility index (Phi) is 4.83. The smallest absolute Gasteiger partial charge is 0.255 e. The molecule has 0 fully saturated rings. The lowest BCUT2D eigenvalue weighted by atomic mass is 10.1. The highest BCUT2D eigenvalue weighted by atomic mass is 16.2. The molecule has 0 aliphatic rings. The van der Waals surface area contributed by atoms with Gasteiger partial charge in [-0.3, -0.25) is 9.59 Å². The van der Waals surface area contributed by atoms with Crippen molar-refractivity contribution in [2.45, 2.75) is 13.5 Å². The molecule has 0 saturated carbocycles. The van der Waals surface area contributed by atoms with Crippen LogP contribution in [0.1, 0.15) is 31.8 Å². The number of carbonyl (C=O) groups excluding carboxylic acids is 2. The van der Waals surface area contributed by atoms with Gasteiger partial charge in [0.1, 0.15) is 5.65 Å². The van der Waals surface area contributed by atoms with Crippen molar-refractivity contribution in [2.24, 2.45) is 5.73 Å². The largest absolute Gasteiger partial charge is 0.366 e. The van der Waals surface area contributed by atoms with Crippen molar-refractivity contribution in [2.75, 3.05) is 5.32 Å². The van der Waals surface area contributed by atoms with E-state index < -0.39 is 5.91 Å². The van der Waals surface area contributed by atoms with Crippen molar-refractivity contribution in [1.82, 2.24) is 9.55 Å². The molecule has 0 spiro atoms. The molecule has 6 heteroatoms. The summed E-state index contributed by atoms with van der Waals surface area (Å²) in [6.45, 7) is 2.60. The Morgan fingerprint density at radius 2 is 1.86 bits per heavy atom. The van der Waals surface area contributed by atoms with Gasteiger partial charge in [0.05, 0.1) is 17.4 Å². The second-order valence-corrected chi connectivity index (χ2v) is 6.94. The molecule has 0 atom stereocenters. The van der Waals surface area contributed by atoms with Gasteiger partial charge in [-0.1, -0.05) is 48.0 Å². The molecule has 0 radical (unpaired) electrons. The van der Waals surface area contributed by atoms with Gasteiger partial charge in [-0.2, -0.15) is 0 Å². The Labute approximate surface area is 168 Å². The van der Waals surface area contributed by atoms with Crippen molar-refractivity contribution in [3.63, 3.8) is 0 Å². The number of benzene rings is 2. The quantitative estimate of drug-likeness (QED) is 0.549. The molecule has 0 unspecified atom stereocenters. The molecule has 2 heterocycles. The zero-order chi connectivity index (χ0) is 20.4. The average molecular weight is 384 g/mol. The zero-order valence-corrected chi connectivity index (χ0v) is 15.9. The zero-order valence-electron chi connectivity index (χ0n) is 15.9. The van der Waals surface area contributed by atoms with E-state index in [1.165, 1.54) is 0 Å². The number of hydrogen-bond donors (Lipinski definition) is 2. The molecule has 0 saturated heterocycles. The fourth-order valence-corrected chi connectivity index (χ4v) is 3.36. The number of nitrogens with two attached hydrogens (primary N) is 1. The number of pyridine rings is 1. The van der Waals surface area contributed by atoms with Gasteiger partial charge in [0.2, 0.25) is 0 Å². The maximum absolute atomic E-state index is 12.4. The molecule has 4 aromatic rings. The molecule has 29 heavy (non-hydrogen) atoms. The van der Waals surface area contributed by atoms with Crippen molar-refractivity contribution in [3.05, 3.63) is 95.3 Å². The first kappa shape index (κ1) is 18.4. The van der Waals surface area contributed by atoms with E-state index >= 15 is 0 Å². The number of anilines is 1. The predicted octanol–water partition coefficient (Wildman–Crippen LogP) is 3.74. The third-order valence-corrected chi connectivity index (χ3v) is 4.71. The van der Waals surface area contributed by atoms with Crippen LogP contribution in [0.3, 0.4) is 0 Å². The van der Waals surface area contributed by atoms with Gasteiger partial charge in [0.25, 0.3) is 11.8 Å². The van der Waals surface area contributed by atoms with Gasteiger partial charge >= 0.3 is 0 Å². The molecule has 2 aromatic heterocycles. The lowest BCUT2D eigenvalue weighted by Gasteiger charge is -2.08. The monoisotopic (exact) mass is 384 g/mol. The van der Waals surface area contributed by atoms with E-state index in [1.54, 1.807) is 42.7 Å². The normalized spacial score (nSPS) is 10.8. The minimum Gasteiger partial charge on any atom is -0.366 e. The Hall–Kier alpha value is -3.93. The minimum atomic E-state index is -0.536. The van der Waals surface area contributed by atoms with E-state index in [-0.39, 0.29) is 5.91 Å². The molecule has 0 aliphatic carbocycles. The number of primary amides is 1. The number of carbonyl (C=O) groups is 2. The SMILES string of the molecule is Cc1cccc(Cn2cc(C(N)=O)c3cc(NC(=O)c4ccccc4)cnc32)c1. The fourth-order valence-electron chi connectivity index (χ4n) is 3.36. The minimum absolute atomic E-state index is 0.244. The molecular weight excluding hydrogens is 364 g/mol. The first-order valence-corrected chi connectivity index (χ1v) is 9.22. The lowest BCUT2D eigenvalue weighted by Crippen LogP contribution is -2.12. The first-order valence-electron chi connectivity index (χ1n) is 9.22. The second kappa shape index (κ2) is 7.59. The maximum Gasteiger partial charge on any atom is 0.255 e. The number of hydrogen-bond acceptors (Lipinski definition) is 3. The van der Waals surface area contributed by atoms with E-state index in [2.05, 4.69) is 16.4 Å². The Morgan fingerprint density at radius 3 is 2.59 bits per heavy atom. The van der Waals surface area contributed by atoms with Crippen LogP contribution in [0.15, 0.2) is 73.1 Å². The highest BCUT2D eigenvalue weighted by Crippen LogP contribution is 2.24. The summed E-state index contributed by atoms with van der Waals surface area (Å²) in [5.74, 6) is -0.780. The van der Waals surface area contributed by atoms with Crippen LogP contribution in [-0.2, 0) is 6.54 Å². The van der Waals surface area contributed by atoms with Gasteiger partial charge < -0.3 is 15.6 Å². The standard InChI is InChI=1S/C23H20N4O2/c1-15-6-5-7-16(10-15)13-27-14-20(21(24)28)19-11-18(12-25-22(19)27)26-23(29)17-8-3-2-4-9-17/h2-12,14H,13H2,1H3,(H2,24,28)(H,26,29). The van der Waals surface area contributed by atoms with Crippen LogP contribution in [-0.4, -0.2) is 21.4 Å². The maximum atomic E-state index is 12.4. The van der Waals surface area contributed by atoms with Crippen LogP contribution in [0.5, 0.6) is 0 Å². The summed E-state index contributed by atoms with van der Waals surface area (Å²) in [5.41, 5.74) is 9.90. The summed E-state index contributed by atoms with van der Waals surface area (Å²) >= 11 is 0. The van der Waals surface area contributed by atoms with Crippen molar-refractivity contribution in [3.8, 4) is 0 Å². The van der Waals surface area contributed by atoms with Crippen LogP contribution < -0.4 is 11.1 Å². The summed E-state index contributed by atoms with van der Waals surface area (Å²) in [6.07, 6.45) is 3.30. The Bertz CT molecular complexity index is 1210. The van der Waals surface area contributed by atoms with Crippen LogP contribution in [0, 0.1) is 6.92 Å². The lowest BCUT2D eigenvalue weighted by molar-refractivity contribution is 0.0999. The average Bonchev–Trinajstić information content (AvgIpc) is 3.06. The number of aromatic nitrogens is 2. The van der Waals surface area contributed by atoms with Crippen molar-refractivity contribution >= 4 is 28.5 Å². The van der Waals surface area contributed by atoms with Crippen molar-refractivity contribution < 1.29 is 9.59 Å². The number of aryl methyl sites for hydroxylation is 1. The summed E-state index contributed by atoms with van der Waals surface area (Å²) in [4.78, 5) is 28.9. The van der Waals surface area contributed by atoms with E-state index in [9.17, 15) is 9.59 Å². The third-order valence-electron chi connectivity index (χ3n) is 4.71. The Balaban J connectivity index is 1.69. The highest BCUT2D eigenvalue weighted by Gasteiger charge is 2.16. The Morgan fingerprint density at radius 1 is 1.07 bits per heavy atom. The summed E-state index contributed by atoms with van der Waals surface area (Å²) in [5, 5.41) is 3.43. The fraction of sp³-hybridized carbons (Fsp3) is 0.0870. The summed E-state index contributed by atoms with van der Waals surface area (Å²) in [6, 6.07) is 18.8. The first-order chi connectivity index (χ1) is 14.0. The molecule has 0 aliphatic heterocycles. The van der Waals surface area contributed by atoms with E-state index in [1.807, 2.05) is 35.8 Å². The van der Waals surface area contributed by atoms with E-state index in [4.69, 9.17) is 5.73 Å². The molecular formula is C23H20N4O2. The van der Waals surface area contributed by atoms with Gasteiger partial charge in [0, 0.05) is 23.7 Å². The van der Waals surface area contributed by atoms with Gasteiger partial charge in [-0.05, 0) is 30.7 Å². The number of nitrogens with zero attached hydrogens (tertiary/aromatic N) is 2. The van der Waals surface area contributed by atoms with Crippen LogP contribution in [0.4, 0.5) is 5.69 Å². The number of rotatable bonds is 5. The molecule has 0 bridgehead atoms. The number of fused-ring (bicyclic) bond motifs is 1. The van der Waals surface area contributed by atoms with Crippen LogP contribution in [0.2, 0.25) is 0 Å².